The summed E-state index contributed by atoms with van der Waals surface area (Å²) in [5.41, 5.74) is 3.43. The molecule has 4 nitrogen and oxygen atoms in total. The van der Waals surface area contributed by atoms with Gasteiger partial charge in [0.1, 0.15) is 0 Å². The van der Waals surface area contributed by atoms with E-state index >= 15 is 0 Å². The van der Waals surface area contributed by atoms with Gasteiger partial charge >= 0.3 is 11.9 Å². The molecule has 0 saturated heterocycles. The maximum absolute atomic E-state index is 11.4. The van der Waals surface area contributed by atoms with Gasteiger partial charge in [-0.05, 0) is 53.7 Å². The van der Waals surface area contributed by atoms with Gasteiger partial charge in [-0.1, -0.05) is 45.1 Å². The van der Waals surface area contributed by atoms with Gasteiger partial charge in [-0.3, -0.25) is 0 Å². The highest BCUT2D eigenvalue weighted by atomic mass is 16.4. The van der Waals surface area contributed by atoms with E-state index in [4.69, 9.17) is 5.11 Å². The Morgan fingerprint density at radius 2 is 1.58 bits per heavy atom. The maximum Gasteiger partial charge on any atom is 0.335 e. The van der Waals surface area contributed by atoms with Crippen molar-refractivity contribution in [2.45, 2.75) is 40.0 Å². The van der Waals surface area contributed by atoms with Gasteiger partial charge in [0, 0.05) is 6.08 Å². The van der Waals surface area contributed by atoms with Crippen molar-refractivity contribution < 1.29 is 19.8 Å². The molecule has 0 fully saturated rings. The second kappa shape index (κ2) is 7.77. The van der Waals surface area contributed by atoms with Gasteiger partial charge in [0.15, 0.2) is 0 Å². The Labute approximate surface area is 142 Å². The van der Waals surface area contributed by atoms with Crippen LogP contribution in [0, 0.1) is 0 Å². The summed E-state index contributed by atoms with van der Waals surface area (Å²) in [5.74, 6) is -1.94. The molecule has 0 saturated carbocycles. The third kappa shape index (κ3) is 5.88. The minimum Gasteiger partial charge on any atom is -0.478 e. The molecule has 2 N–H and O–H groups in total. The molecule has 0 bridgehead atoms. The lowest BCUT2D eigenvalue weighted by Crippen LogP contribution is -2.13. The highest BCUT2D eigenvalue weighted by molar-refractivity contribution is 5.89. The van der Waals surface area contributed by atoms with Gasteiger partial charge in [-0.15, -0.1) is 0 Å². The van der Waals surface area contributed by atoms with Crippen LogP contribution in [0.5, 0.6) is 0 Å². The quantitative estimate of drug-likeness (QED) is 0.608. The zero-order valence-corrected chi connectivity index (χ0v) is 14.8. The summed E-state index contributed by atoms with van der Waals surface area (Å²) < 4.78 is 0. The molecule has 0 aliphatic rings. The number of rotatable bonds is 5. The van der Waals surface area contributed by atoms with Crippen LogP contribution in [0.25, 0.3) is 5.57 Å². The maximum atomic E-state index is 11.4. The second-order valence-corrected chi connectivity index (χ2v) is 6.79. The van der Waals surface area contributed by atoms with Crippen LogP contribution in [0.4, 0.5) is 0 Å². The molecule has 1 aromatic rings. The van der Waals surface area contributed by atoms with Crippen LogP contribution < -0.4 is 0 Å². The smallest absolute Gasteiger partial charge is 0.335 e. The van der Waals surface area contributed by atoms with E-state index in [9.17, 15) is 14.7 Å². The molecule has 0 spiro atoms. The third-order valence-corrected chi connectivity index (χ3v) is 3.56. The highest BCUT2D eigenvalue weighted by Gasteiger charge is 2.17. The van der Waals surface area contributed by atoms with E-state index in [0.717, 1.165) is 22.8 Å². The number of carboxylic acids is 2. The third-order valence-electron chi connectivity index (χ3n) is 3.56. The Bertz CT molecular complexity index is 728. The van der Waals surface area contributed by atoms with Crippen LogP contribution in [0.2, 0.25) is 0 Å². The zero-order chi connectivity index (χ0) is 18.5. The lowest BCUT2D eigenvalue weighted by molar-refractivity contribution is -0.131. The van der Waals surface area contributed by atoms with Crippen molar-refractivity contribution in [2.75, 3.05) is 0 Å². The molecule has 0 aliphatic heterocycles. The summed E-state index contributed by atoms with van der Waals surface area (Å²) in [6, 6.07) is 5.35. The Morgan fingerprint density at radius 1 is 1.00 bits per heavy atom. The fraction of sp³-hybridized carbons (Fsp3) is 0.300. The van der Waals surface area contributed by atoms with Crippen LogP contribution in [-0.4, -0.2) is 22.2 Å². The fourth-order valence-corrected chi connectivity index (χ4v) is 2.10. The Hall–Kier alpha value is -2.62. The summed E-state index contributed by atoms with van der Waals surface area (Å²) in [4.78, 5) is 21.9. The van der Waals surface area contributed by atoms with E-state index < -0.39 is 11.9 Å². The number of hydrogen-bond donors (Lipinski definition) is 2. The summed E-state index contributed by atoms with van der Waals surface area (Å²) in [5, 5.41) is 18.0. The Morgan fingerprint density at radius 3 is 2.08 bits per heavy atom. The molecule has 0 heterocycles. The zero-order valence-electron chi connectivity index (χ0n) is 14.8. The number of carbonyl (C=O) groups is 2. The highest BCUT2D eigenvalue weighted by Crippen LogP contribution is 2.27. The second-order valence-electron chi connectivity index (χ2n) is 6.79. The first-order valence-electron chi connectivity index (χ1n) is 7.66. The van der Waals surface area contributed by atoms with Crippen molar-refractivity contribution in [3.8, 4) is 0 Å². The molecule has 0 aliphatic carbocycles. The molecule has 0 atom stereocenters. The summed E-state index contributed by atoms with van der Waals surface area (Å²) in [7, 11) is 0. The number of hydrogen-bond acceptors (Lipinski definition) is 2. The van der Waals surface area contributed by atoms with E-state index in [1.54, 1.807) is 31.2 Å². The van der Waals surface area contributed by atoms with Crippen LogP contribution >= 0.6 is 0 Å². The fourth-order valence-electron chi connectivity index (χ4n) is 2.10. The topological polar surface area (TPSA) is 74.6 Å². The number of aliphatic carboxylic acids is 1. The minimum absolute atomic E-state index is 0.156. The molecule has 0 radical (unpaired) electrons. The number of benzene rings is 1. The van der Waals surface area contributed by atoms with Crippen molar-refractivity contribution in [3.05, 3.63) is 64.8 Å². The molecule has 1 aromatic carbocycles. The first-order chi connectivity index (χ1) is 11.0. The van der Waals surface area contributed by atoms with Crippen molar-refractivity contribution in [2.24, 2.45) is 0 Å². The van der Waals surface area contributed by atoms with Crippen LogP contribution in [0.3, 0.4) is 0 Å². The summed E-state index contributed by atoms with van der Waals surface area (Å²) >= 11 is 0. The van der Waals surface area contributed by atoms with Gasteiger partial charge < -0.3 is 10.2 Å². The van der Waals surface area contributed by atoms with Crippen LogP contribution in [0.1, 0.15) is 56.1 Å². The van der Waals surface area contributed by atoms with Crippen LogP contribution in [-0.2, 0) is 10.2 Å². The predicted molar refractivity (Wildman–Crippen MR) is 96.3 cm³/mol. The average molecular weight is 328 g/mol. The van der Waals surface area contributed by atoms with Gasteiger partial charge in [0.05, 0.1) is 5.56 Å². The number of allylic oxidation sites excluding steroid dienone is 5. The Kier molecular flexibility index (Phi) is 6.29. The van der Waals surface area contributed by atoms with E-state index in [1.807, 2.05) is 39.8 Å². The van der Waals surface area contributed by atoms with Crippen molar-refractivity contribution in [1.29, 1.82) is 0 Å². The van der Waals surface area contributed by atoms with Gasteiger partial charge in [-0.2, -0.15) is 0 Å². The first-order valence-corrected chi connectivity index (χ1v) is 7.66. The van der Waals surface area contributed by atoms with Crippen molar-refractivity contribution in [1.82, 2.24) is 0 Å². The predicted octanol–water partition coefficient (Wildman–Crippen LogP) is 4.67. The SMILES string of the molecule is CC(/C=C/C=C(\C)c1cc(C(=O)O)cc(C(C)(C)C)c1)=C\C(=O)O. The molecule has 0 aromatic heterocycles. The Balaban J connectivity index is 3.22. The van der Waals surface area contributed by atoms with Gasteiger partial charge in [0.2, 0.25) is 0 Å². The monoisotopic (exact) mass is 328 g/mol. The van der Waals surface area contributed by atoms with Crippen molar-refractivity contribution in [3.63, 3.8) is 0 Å². The van der Waals surface area contributed by atoms with Gasteiger partial charge in [-0.25, -0.2) is 9.59 Å². The average Bonchev–Trinajstić information content (AvgIpc) is 2.44. The number of carboxylic acid groups (broad SMARTS) is 2. The molecule has 1 rings (SSSR count). The molecule has 128 valence electrons. The lowest BCUT2D eigenvalue weighted by Gasteiger charge is -2.21. The van der Waals surface area contributed by atoms with Gasteiger partial charge in [0.25, 0.3) is 0 Å². The molecule has 0 amide bonds. The normalized spacial score (nSPS) is 13.4. The molecule has 24 heavy (non-hydrogen) atoms. The lowest BCUT2D eigenvalue weighted by atomic mass is 9.84. The largest absolute Gasteiger partial charge is 0.478 e. The first kappa shape index (κ1) is 19.4. The molecule has 4 heteroatoms. The molecular weight excluding hydrogens is 304 g/mol. The van der Waals surface area contributed by atoms with Crippen molar-refractivity contribution >= 4 is 17.5 Å². The number of aromatic carboxylic acids is 1. The van der Waals surface area contributed by atoms with E-state index in [1.165, 1.54) is 0 Å². The van der Waals surface area contributed by atoms with E-state index in [-0.39, 0.29) is 11.0 Å². The molecular formula is C20H24O4. The summed E-state index contributed by atoms with van der Waals surface area (Å²) in [6.07, 6.45) is 6.42. The summed E-state index contributed by atoms with van der Waals surface area (Å²) in [6.45, 7) is 9.72. The molecule has 0 unspecified atom stereocenters. The standard InChI is InChI=1S/C20H24O4/c1-13(9-18(21)22)7-6-8-14(2)15-10-16(19(23)24)12-17(11-15)20(3,4)5/h6-12H,1-5H3,(H,21,22)(H,23,24)/b7-6+,13-9+,14-8+. The van der Waals surface area contributed by atoms with Crippen LogP contribution in [0.15, 0.2) is 48.1 Å². The van der Waals surface area contributed by atoms with E-state index in [2.05, 4.69) is 0 Å². The minimum atomic E-state index is -0.984. The van der Waals surface area contributed by atoms with E-state index in [0.29, 0.717) is 5.57 Å².